The number of sulfone groups is 1. The largest absolute Gasteiger partial charge is 0.465 e. The van der Waals surface area contributed by atoms with Gasteiger partial charge in [-0.3, -0.25) is 19.7 Å². The molecular weight excluding hydrogens is 592 g/mol. The van der Waals surface area contributed by atoms with Gasteiger partial charge >= 0.3 is 12.1 Å². The Morgan fingerprint density at radius 2 is 1.68 bits per heavy atom. The summed E-state index contributed by atoms with van der Waals surface area (Å²) >= 11 is 0. The summed E-state index contributed by atoms with van der Waals surface area (Å²) in [5.41, 5.74) is 0.268. The van der Waals surface area contributed by atoms with Gasteiger partial charge in [0, 0.05) is 44.2 Å². The van der Waals surface area contributed by atoms with Crippen LogP contribution in [0.3, 0.4) is 0 Å². The van der Waals surface area contributed by atoms with Crippen LogP contribution in [0, 0.1) is 5.92 Å². The Labute approximate surface area is 253 Å². The molecule has 2 atom stereocenters. The Morgan fingerprint density at radius 3 is 2.34 bits per heavy atom. The summed E-state index contributed by atoms with van der Waals surface area (Å²) in [6, 6.07) is 12.0. The lowest BCUT2D eigenvalue weighted by Crippen LogP contribution is -2.62. The van der Waals surface area contributed by atoms with E-state index in [1.807, 2.05) is 4.90 Å². The number of benzene rings is 2. The molecule has 14 nitrogen and oxygen atoms in total. The van der Waals surface area contributed by atoms with Gasteiger partial charge in [0.1, 0.15) is 0 Å². The third-order valence-corrected chi connectivity index (χ3v) is 10.6. The number of imide groups is 1. The van der Waals surface area contributed by atoms with E-state index in [1.165, 1.54) is 9.80 Å². The molecule has 2 aromatic rings. The summed E-state index contributed by atoms with van der Waals surface area (Å²) in [6.45, 7) is 1.09. The number of hydrogen-bond donors (Lipinski definition) is 4. The van der Waals surface area contributed by atoms with E-state index in [2.05, 4.69) is 16.0 Å². The van der Waals surface area contributed by atoms with Crippen LogP contribution >= 0.6 is 0 Å². The monoisotopic (exact) mass is 624 g/mol. The van der Waals surface area contributed by atoms with Gasteiger partial charge in [-0.05, 0) is 42.7 Å². The van der Waals surface area contributed by atoms with Crippen molar-refractivity contribution >= 4 is 45.4 Å². The second-order valence-corrected chi connectivity index (χ2v) is 13.7. The summed E-state index contributed by atoms with van der Waals surface area (Å²) < 4.78 is 24.9. The lowest BCUT2D eigenvalue weighted by Gasteiger charge is -2.31. The van der Waals surface area contributed by atoms with Gasteiger partial charge in [-0.15, -0.1) is 0 Å². The van der Waals surface area contributed by atoms with Crippen LogP contribution in [-0.4, -0.2) is 103 Å². The molecule has 0 radical (unpaired) electrons. The molecule has 6 amide bonds. The molecule has 3 fully saturated rings. The first-order valence-corrected chi connectivity index (χ1v) is 16.0. The van der Waals surface area contributed by atoms with Crippen LogP contribution in [0.2, 0.25) is 0 Å². The number of carbonyl (C=O) groups is 5. The zero-order chi connectivity index (χ0) is 31.2. The summed E-state index contributed by atoms with van der Waals surface area (Å²) in [4.78, 5) is 68.1. The first-order valence-electron chi connectivity index (χ1n) is 14.3. The summed E-state index contributed by atoms with van der Waals surface area (Å²) in [5, 5.41) is 16.9. The number of nitrogens with zero attached hydrogens (tertiary/aromatic N) is 3. The van der Waals surface area contributed by atoms with E-state index in [-0.39, 0.29) is 37.8 Å². The van der Waals surface area contributed by atoms with Crippen molar-refractivity contribution in [1.29, 1.82) is 0 Å². The Morgan fingerprint density at radius 1 is 0.977 bits per heavy atom. The molecule has 0 aliphatic carbocycles. The fraction of sp³-hybridized carbons (Fsp3) is 0.414. The molecule has 232 valence electrons. The van der Waals surface area contributed by atoms with Gasteiger partial charge in [0.25, 0.3) is 11.8 Å². The predicted molar refractivity (Wildman–Crippen MR) is 156 cm³/mol. The Balaban J connectivity index is 1.14. The quantitative estimate of drug-likeness (QED) is 0.342. The fourth-order valence-electron chi connectivity index (χ4n) is 6.46. The topological polar surface area (TPSA) is 186 Å². The molecule has 1 spiro atoms. The van der Waals surface area contributed by atoms with Crippen LogP contribution in [0.4, 0.5) is 15.3 Å². The highest BCUT2D eigenvalue weighted by molar-refractivity contribution is 7.91. The second-order valence-electron chi connectivity index (χ2n) is 11.6. The van der Waals surface area contributed by atoms with Crippen molar-refractivity contribution in [2.24, 2.45) is 5.92 Å². The normalized spacial score (nSPS) is 24.5. The van der Waals surface area contributed by atoms with Gasteiger partial charge in [-0.25, -0.2) is 18.0 Å². The molecule has 0 aromatic heterocycles. The highest BCUT2D eigenvalue weighted by Gasteiger charge is 2.59. The van der Waals surface area contributed by atoms with Crippen molar-refractivity contribution in [3.05, 3.63) is 59.7 Å². The maximum atomic E-state index is 13.4. The zero-order valence-electron chi connectivity index (χ0n) is 23.7. The van der Waals surface area contributed by atoms with Crippen molar-refractivity contribution in [1.82, 2.24) is 25.8 Å². The van der Waals surface area contributed by atoms with E-state index in [0.717, 1.165) is 5.56 Å². The molecule has 0 saturated carbocycles. The van der Waals surface area contributed by atoms with Crippen LogP contribution in [0.25, 0.3) is 0 Å². The van der Waals surface area contributed by atoms with Crippen molar-refractivity contribution < 1.29 is 37.5 Å². The van der Waals surface area contributed by atoms with E-state index in [1.54, 1.807) is 48.5 Å². The highest BCUT2D eigenvalue weighted by atomic mass is 32.2. The van der Waals surface area contributed by atoms with Gasteiger partial charge in [-0.2, -0.15) is 0 Å². The smallest absolute Gasteiger partial charge is 0.407 e. The second kappa shape index (κ2) is 11.1. The molecule has 3 saturated heterocycles. The summed E-state index contributed by atoms with van der Waals surface area (Å²) in [7, 11) is -3.33. The maximum absolute atomic E-state index is 13.4. The van der Waals surface area contributed by atoms with Crippen LogP contribution in [0.15, 0.2) is 53.4 Å². The zero-order valence-corrected chi connectivity index (χ0v) is 24.5. The molecule has 15 heteroatoms. The molecular formula is C29H32N6O8S. The summed E-state index contributed by atoms with van der Waals surface area (Å²) in [5.74, 6) is -1.80. The first kappa shape index (κ1) is 29.4. The van der Waals surface area contributed by atoms with E-state index in [9.17, 15) is 37.5 Å². The first-order chi connectivity index (χ1) is 21.0. The number of rotatable bonds is 5. The van der Waals surface area contributed by atoms with Gasteiger partial charge in [0.05, 0.1) is 28.9 Å². The van der Waals surface area contributed by atoms with Crippen molar-refractivity contribution in [3.8, 4) is 0 Å². The van der Waals surface area contributed by atoms with E-state index >= 15 is 0 Å². The van der Waals surface area contributed by atoms with Crippen molar-refractivity contribution in [2.75, 3.05) is 43.4 Å². The molecule has 2 unspecified atom stereocenters. The third kappa shape index (κ3) is 5.31. The lowest BCUT2D eigenvalue weighted by molar-refractivity contribution is -0.136. The minimum Gasteiger partial charge on any atom is -0.465 e. The van der Waals surface area contributed by atoms with Gasteiger partial charge in [0.15, 0.2) is 15.4 Å². The minimum absolute atomic E-state index is 0.00716. The van der Waals surface area contributed by atoms with E-state index in [4.69, 9.17) is 0 Å². The number of nitrogens with one attached hydrogen (secondary N) is 3. The number of amides is 6. The van der Waals surface area contributed by atoms with Gasteiger partial charge < -0.3 is 30.4 Å². The number of para-hydroxylation sites is 1. The molecule has 4 N–H and O–H groups in total. The van der Waals surface area contributed by atoms with Crippen LogP contribution < -0.4 is 20.9 Å². The average molecular weight is 625 g/mol. The van der Waals surface area contributed by atoms with E-state index in [0.29, 0.717) is 42.1 Å². The molecule has 2 aromatic carbocycles. The fourth-order valence-corrected chi connectivity index (χ4v) is 7.94. The van der Waals surface area contributed by atoms with Crippen LogP contribution in [0.5, 0.6) is 0 Å². The van der Waals surface area contributed by atoms with Crippen LogP contribution in [0.1, 0.15) is 28.8 Å². The summed E-state index contributed by atoms with van der Waals surface area (Å²) in [6.07, 6.45) is -0.352. The van der Waals surface area contributed by atoms with Gasteiger partial charge in [-0.1, -0.05) is 24.3 Å². The third-order valence-electron chi connectivity index (χ3n) is 8.90. The highest BCUT2D eigenvalue weighted by Crippen LogP contribution is 2.32. The Bertz CT molecular complexity index is 1640. The molecule has 4 heterocycles. The molecule has 4 aliphatic heterocycles. The number of piperidine rings is 1. The number of fused-ring (bicyclic) bond motifs is 1. The molecule has 44 heavy (non-hydrogen) atoms. The van der Waals surface area contributed by atoms with Gasteiger partial charge in [0.2, 0.25) is 5.91 Å². The average Bonchev–Trinajstić information content (AvgIpc) is 3.51. The Hall–Kier alpha value is -4.66. The SMILES string of the molecule is O=C1NC(=O)C2(CN(C(=O)C3CCN(C(=O)O)CC3)CC2NC(=O)c2ccc(CN3CCS(=O)(=O)c4ccccc43)cc2)N1. The number of carbonyl (C=O) groups excluding carboxylic acids is 4. The molecule has 4 aliphatic rings. The number of anilines is 1. The number of urea groups is 1. The van der Waals surface area contributed by atoms with Crippen molar-refractivity contribution in [2.45, 2.75) is 35.9 Å². The van der Waals surface area contributed by atoms with Crippen molar-refractivity contribution in [3.63, 3.8) is 0 Å². The number of likely N-dealkylation sites (tertiary alicyclic amines) is 2. The van der Waals surface area contributed by atoms with Crippen LogP contribution in [-0.2, 0) is 26.0 Å². The predicted octanol–water partition coefficient (Wildman–Crippen LogP) is 0.389. The Kier molecular flexibility index (Phi) is 7.43. The molecule has 0 bridgehead atoms. The van der Waals surface area contributed by atoms with E-state index < -0.39 is 51.3 Å². The number of hydrogen-bond acceptors (Lipinski definition) is 8. The number of carboxylic acid groups (broad SMARTS) is 1. The standard InChI is InChI=1S/C29H32N6O8S/c36-24(19-7-5-18(6-8-19)15-34-13-14-44(42,43)22-4-2-1-3-21(22)34)30-23-16-35(17-29(23)26(38)31-27(39)32-29)25(37)20-9-11-33(12-10-20)28(40)41/h1-8,20,23H,9-17H2,(H,30,36)(H,40,41)(H2,31,32,38,39). The lowest BCUT2D eigenvalue weighted by atomic mass is 9.93. The maximum Gasteiger partial charge on any atom is 0.407 e. The minimum atomic E-state index is -3.33. The molecule has 6 rings (SSSR count).